The van der Waals surface area contributed by atoms with Gasteiger partial charge in [-0.05, 0) is 18.6 Å². The van der Waals surface area contributed by atoms with Crippen molar-refractivity contribution in [3.8, 4) is 11.5 Å². The largest absolute Gasteiger partial charge is 0.496 e. The summed E-state index contributed by atoms with van der Waals surface area (Å²) in [5.74, 6) is -0.576. The average molecular weight is 366 g/mol. The van der Waals surface area contributed by atoms with Crippen LogP contribution in [0.3, 0.4) is 0 Å². The first-order valence-electron chi connectivity index (χ1n) is 7.92. The molecular formula is C17H19FN2O4S. The number of fused-ring (bicyclic) bond motifs is 1. The van der Waals surface area contributed by atoms with Crippen molar-refractivity contribution < 1.29 is 23.5 Å². The molecule has 1 aromatic heterocycles. The summed E-state index contributed by atoms with van der Waals surface area (Å²) in [6.07, 6.45) is -0.940. The molecule has 0 saturated carbocycles. The quantitative estimate of drug-likeness (QED) is 0.820. The first-order chi connectivity index (χ1) is 12.0. The first-order valence-corrected chi connectivity index (χ1v) is 8.80. The third kappa shape index (κ3) is 3.13. The number of amides is 2. The standard InChI is InChI=1S/C17H19FN2O4S/c1-3-8-11(20-17(22)15(8)18)6-24-13-7-25-14-5-10(16(19)21)12(23-2)4-9(13)14/h4-5,7-8,11,15H,3,6H2,1-2H3,(H2,19,21)(H,20,22). The third-order valence-corrected chi connectivity index (χ3v) is 5.41. The van der Waals surface area contributed by atoms with Gasteiger partial charge in [-0.25, -0.2) is 4.39 Å². The number of methoxy groups -OCH3 is 1. The van der Waals surface area contributed by atoms with E-state index in [1.807, 2.05) is 6.92 Å². The van der Waals surface area contributed by atoms with Gasteiger partial charge in [-0.2, -0.15) is 0 Å². The summed E-state index contributed by atoms with van der Waals surface area (Å²) >= 11 is 1.41. The van der Waals surface area contributed by atoms with Crippen LogP contribution in [0.5, 0.6) is 11.5 Å². The lowest BCUT2D eigenvalue weighted by atomic mass is 9.97. The summed E-state index contributed by atoms with van der Waals surface area (Å²) in [5.41, 5.74) is 5.67. The molecule has 25 heavy (non-hydrogen) atoms. The number of carbonyl (C=O) groups excluding carboxylic acids is 2. The Bertz CT molecular complexity index is 822. The molecule has 0 spiro atoms. The lowest BCUT2D eigenvalue weighted by molar-refractivity contribution is -0.123. The van der Waals surface area contributed by atoms with E-state index < -0.39 is 23.9 Å². The molecule has 1 aromatic carbocycles. The number of ether oxygens (including phenoxy) is 2. The Kier molecular flexibility index (Phi) is 4.80. The monoisotopic (exact) mass is 366 g/mol. The van der Waals surface area contributed by atoms with E-state index in [1.54, 1.807) is 17.5 Å². The minimum Gasteiger partial charge on any atom is -0.496 e. The van der Waals surface area contributed by atoms with Crippen molar-refractivity contribution in [3.63, 3.8) is 0 Å². The minimum atomic E-state index is -1.49. The van der Waals surface area contributed by atoms with E-state index >= 15 is 0 Å². The van der Waals surface area contributed by atoms with Gasteiger partial charge in [0.15, 0.2) is 6.17 Å². The van der Waals surface area contributed by atoms with Gasteiger partial charge in [0.1, 0.15) is 18.1 Å². The number of nitrogens with two attached hydrogens (primary N) is 1. The number of alkyl halides is 1. The van der Waals surface area contributed by atoms with Gasteiger partial charge in [-0.3, -0.25) is 9.59 Å². The van der Waals surface area contributed by atoms with Gasteiger partial charge in [0, 0.05) is 21.4 Å². The van der Waals surface area contributed by atoms with Crippen molar-refractivity contribution in [3.05, 3.63) is 23.1 Å². The average Bonchev–Trinajstić information content (AvgIpc) is 3.12. The number of carbonyl (C=O) groups is 2. The number of hydrogen-bond acceptors (Lipinski definition) is 5. The van der Waals surface area contributed by atoms with Crippen molar-refractivity contribution in [2.24, 2.45) is 11.7 Å². The molecule has 1 saturated heterocycles. The Morgan fingerprint density at radius 2 is 2.16 bits per heavy atom. The van der Waals surface area contributed by atoms with Gasteiger partial charge in [-0.15, -0.1) is 11.3 Å². The fourth-order valence-electron chi connectivity index (χ4n) is 3.11. The highest BCUT2D eigenvalue weighted by Crippen LogP contribution is 2.37. The van der Waals surface area contributed by atoms with Crippen molar-refractivity contribution in [2.75, 3.05) is 13.7 Å². The van der Waals surface area contributed by atoms with E-state index in [2.05, 4.69) is 5.32 Å². The molecule has 1 aliphatic heterocycles. The maximum atomic E-state index is 13.8. The highest BCUT2D eigenvalue weighted by Gasteiger charge is 2.41. The van der Waals surface area contributed by atoms with E-state index in [-0.39, 0.29) is 12.6 Å². The van der Waals surface area contributed by atoms with Crippen LogP contribution in [-0.2, 0) is 4.79 Å². The number of primary amides is 1. The molecule has 134 valence electrons. The highest BCUT2D eigenvalue weighted by molar-refractivity contribution is 7.17. The van der Waals surface area contributed by atoms with Crippen LogP contribution in [0, 0.1) is 5.92 Å². The SMILES string of the molecule is CCC1C(COc2csc3cc(C(N)=O)c(OC)cc23)NC(=O)C1F. The van der Waals surface area contributed by atoms with Gasteiger partial charge in [0.25, 0.3) is 11.8 Å². The van der Waals surface area contributed by atoms with Gasteiger partial charge < -0.3 is 20.5 Å². The van der Waals surface area contributed by atoms with Gasteiger partial charge in [0.2, 0.25) is 0 Å². The Hall–Kier alpha value is -2.35. The number of benzene rings is 1. The van der Waals surface area contributed by atoms with Crippen LogP contribution < -0.4 is 20.5 Å². The zero-order chi connectivity index (χ0) is 18.1. The fourth-order valence-corrected chi connectivity index (χ4v) is 4.01. The van der Waals surface area contributed by atoms with Crippen molar-refractivity contribution >= 4 is 33.2 Å². The predicted molar refractivity (Wildman–Crippen MR) is 93.0 cm³/mol. The summed E-state index contributed by atoms with van der Waals surface area (Å²) in [6, 6.07) is 3.00. The lowest BCUT2D eigenvalue weighted by Gasteiger charge is -2.18. The normalized spacial score (nSPS) is 22.8. The molecule has 8 heteroatoms. The summed E-state index contributed by atoms with van der Waals surface area (Å²) in [5, 5.41) is 5.22. The van der Waals surface area contributed by atoms with Crippen molar-refractivity contribution in [1.29, 1.82) is 0 Å². The summed E-state index contributed by atoms with van der Waals surface area (Å²) in [7, 11) is 1.46. The second-order valence-corrected chi connectivity index (χ2v) is 6.82. The lowest BCUT2D eigenvalue weighted by Crippen LogP contribution is -2.34. The molecule has 6 nitrogen and oxygen atoms in total. The van der Waals surface area contributed by atoms with E-state index in [9.17, 15) is 14.0 Å². The minimum absolute atomic E-state index is 0.177. The molecule has 2 aromatic rings. The number of nitrogens with one attached hydrogen (secondary N) is 1. The zero-order valence-electron chi connectivity index (χ0n) is 13.9. The van der Waals surface area contributed by atoms with Gasteiger partial charge >= 0.3 is 0 Å². The number of hydrogen-bond donors (Lipinski definition) is 2. The maximum Gasteiger partial charge on any atom is 0.255 e. The van der Waals surface area contributed by atoms with Crippen LogP contribution in [0.4, 0.5) is 4.39 Å². The molecule has 3 N–H and O–H groups in total. The van der Waals surface area contributed by atoms with E-state index in [0.29, 0.717) is 23.5 Å². The molecule has 2 amide bonds. The van der Waals surface area contributed by atoms with E-state index in [4.69, 9.17) is 15.2 Å². The number of rotatable bonds is 6. The highest BCUT2D eigenvalue weighted by atomic mass is 32.1. The maximum absolute atomic E-state index is 13.8. The second-order valence-electron chi connectivity index (χ2n) is 5.91. The van der Waals surface area contributed by atoms with E-state index in [0.717, 1.165) is 10.1 Å². The van der Waals surface area contributed by atoms with Crippen LogP contribution >= 0.6 is 11.3 Å². The molecule has 2 heterocycles. The topological polar surface area (TPSA) is 90.7 Å². The molecule has 0 aliphatic carbocycles. The Balaban J connectivity index is 1.83. The molecule has 1 aliphatic rings. The summed E-state index contributed by atoms with van der Waals surface area (Å²) in [4.78, 5) is 23.0. The molecule has 3 rings (SSSR count). The Morgan fingerprint density at radius 1 is 1.40 bits per heavy atom. The number of thiophene rings is 1. The van der Waals surface area contributed by atoms with Crippen LogP contribution in [0.2, 0.25) is 0 Å². The second kappa shape index (κ2) is 6.87. The van der Waals surface area contributed by atoms with Crippen molar-refractivity contribution in [2.45, 2.75) is 25.6 Å². The molecule has 0 radical (unpaired) electrons. The zero-order valence-corrected chi connectivity index (χ0v) is 14.7. The van der Waals surface area contributed by atoms with Gasteiger partial charge in [-0.1, -0.05) is 6.92 Å². The Labute approximate surface area is 148 Å². The van der Waals surface area contributed by atoms with Crippen LogP contribution in [0.15, 0.2) is 17.5 Å². The third-order valence-electron chi connectivity index (χ3n) is 4.49. The van der Waals surface area contributed by atoms with Crippen LogP contribution in [0.25, 0.3) is 10.1 Å². The molecule has 1 fully saturated rings. The Morgan fingerprint density at radius 3 is 2.80 bits per heavy atom. The number of halogens is 1. The van der Waals surface area contributed by atoms with Crippen LogP contribution in [-0.4, -0.2) is 37.7 Å². The van der Waals surface area contributed by atoms with Gasteiger partial charge in [0.05, 0.1) is 18.7 Å². The van der Waals surface area contributed by atoms with Crippen LogP contribution in [0.1, 0.15) is 23.7 Å². The first kappa shape index (κ1) is 17.5. The molecule has 0 bridgehead atoms. The fraction of sp³-hybridized carbons (Fsp3) is 0.412. The smallest absolute Gasteiger partial charge is 0.255 e. The molecular weight excluding hydrogens is 347 g/mol. The summed E-state index contributed by atoms with van der Waals surface area (Å²) < 4.78 is 25.7. The summed E-state index contributed by atoms with van der Waals surface area (Å²) in [6.45, 7) is 2.02. The van der Waals surface area contributed by atoms with Crippen molar-refractivity contribution in [1.82, 2.24) is 5.32 Å². The molecule has 3 unspecified atom stereocenters. The van der Waals surface area contributed by atoms with E-state index in [1.165, 1.54) is 18.4 Å². The molecule has 3 atom stereocenters. The predicted octanol–water partition coefficient (Wildman–Crippen LogP) is 2.25.